The van der Waals surface area contributed by atoms with Crippen molar-refractivity contribution in [2.45, 2.75) is 45.7 Å². The van der Waals surface area contributed by atoms with Crippen molar-refractivity contribution in [2.75, 3.05) is 6.54 Å². The van der Waals surface area contributed by atoms with Gasteiger partial charge in [0.1, 0.15) is 0 Å². The van der Waals surface area contributed by atoms with Crippen LogP contribution in [0.2, 0.25) is 0 Å². The molecule has 98 valence electrons. The van der Waals surface area contributed by atoms with Gasteiger partial charge in [-0.2, -0.15) is 0 Å². The van der Waals surface area contributed by atoms with Crippen LogP contribution in [-0.2, 0) is 13.0 Å². The Morgan fingerprint density at radius 2 is 2.17 bits per heavy atom. The highest BCUT2D eigenvalue weighted by Crippen LogP contribution is 2.17. The maximum atomic E-state index is 12.2. The molecule has 3 heteroatoms. The molecular formula is C15H22N2O. The predicted molar refractivity (Wildman–Crippen MR) is 73.7 cm³/mol. The first-order chi connectivity index (χ1) is 8.52. The molecule has 1 heterocycles. The Balaban J connectivity index is 2.16. The van der Waals surface area contributed by atoms with Crippen LogP contribution in [0.3, 0.4) is 0 Å². The van der Waals surface area contributed by atoms with Crippen LogP contribution in [0.15, 0.2) is 18.2 Å². The van der Waals surface area contributed by atoms with Crippen molar-refractivity contribution >= 4 is 5.91 Å². The van der Waals surface area contributed by atoms with Gasteiger partial charge in [-0.1, -0.05) is 13.0 Å². The van der Waals surface area contributed by atoms with Gasteiger partial charge in [-0.15, -0.1) is 0 Å². The second-order valence-electron chi connectivity index (χ2n) is 5.60. The summed E-state index contributed by atoms with van der Waals surface area (Å²) in [5.74, 6) is 0.0234. The Hall–Kier alpha value is -1.35. The van der Waals surface area contributed by atoms with Crippen LogP contribution in [0, 0.1) is 0 Å². The fraction of sp³-hybridized carbons (Fsp3) is 0.533. The number of hydrogen-bond donors (Lipinski definition) is 2. The van der Waals surface area contributed by atoms with Gasteiger partial charge < -0.3 is 10.6 Å². The third-order valence-electron chi connectivity index (χ3n) is 3.69. The van der Waals surface area contributed by atoms with Crippen molar-refractivity contribution in [2.24, 2.45) is 0 Å². The van der Waals surface area contributed by atoms with Gasteiger partial charge in [-0.05, 0) is 56.5 Å². The fourth-order valence-electron chi connectivity index (χ4n) is 2.09. The summed E-state index contributed by atoms with van der Waals surface area (Å²) >= 11 is 0. The topological polar surface area (TPSA) is 41.1 Å². The smallest absolute Gasteiger partial charge is 0.251 e. The second kappa shape index (κ2) is 5.11. The van der Waals surface area contributed by atoms with E-state index in [0.717, 1.165) is 31.5 Å². The van der Waals surface area contributed by atoms with Crippen LogP contribution in [0.25, 0.3) is 0 Å². The van der Waals surface area contributed by atoms with Gasteiger partial charge in [-0.3, -0.25) is 4.79 Å². The molecule has 1 aliphatic rings. The Bertz CT molecular complexity index is 452. The van der Waals surface area contributed by atoms with Crippen LogP contribution in [0.1, 0.15) is 48.7 Å². The molecule has 0 bridgehead atoms. The second-order valence-corrected chi connectivity index (χ2v) is 5.60. The lowest BCUT2D eigenvalue weighted by atomic mass is 9.97. The zero-order chi connectivity index (χ0) is 13.2. The largest absolute Gasteiger partial charge is 0.347 e. The van der Waals surface area contributed by atoms with Gasteiger partial charge in [0.15, 0.2) is 0 Å². The number of hydrogen-bond acceptors (Lipinski definition) is 2. The Labute approximate surface area is 109 Å². The lowest BCUT2D eigenvalue weighted by molar-refractivity contribution is 0.0911. The van der Waals surface area contributed by atoms with Crippen LogP contribution in [0.5, 0.6) is 0 Å². The number of nitrogens with one attached hydrogen (secondary N) is 2. The zero-order valence-corrected chi connectivity index (χ0v) is 11.5. The molecule has 1 aromatic rings. The summed E-state index contributed by atoms with van der Waals surface area (Å²) in [7, 11) is 0. The molecule has 18 heavy (non-hydrogen) atoms. The minimum atomic E-state index is -0.148. The van der Waals surface area contributed by atoms with E-state index in [1.807, 2.05) is 26.0 Å². The minimum Gasteiger partial charge on any atom is -0.347 e. The minimum absolute atomic E-state index is 0.0234. The van der Waals surface area contributed by atoms with Crippen molar-refractivity contribution in [3.05, 3.63) is 34.9 Å². The van der Waals surface area contributed by atoms with Crippen LogP contribution in [-0.4, -0.2) is 18.0 Å². The summed E-state index contributed by atoms with van der Waals surface area (Å²) in [6.45, 7) is 8.07. The van der Waals surface area contributed by atoms with Crippen molar-refractivity contribution < 1.29 is 4.79 Å². The summed E-state index contributed by atoms with van der Waals surface area (Å²) in [6, 6.07) is 6.04. The molecule has 1 amide bonds. The van der Waals surface area contributed by atoms with Gasteiger partial charge in [-0.25, -0.2) is 0 Å². The van der Waals surface area contributed by atoms with Crippen LogP contribution in [0.4, 0.5) is 0 Å². The highest BCUT2D eigenvalue weighted by molar-refractivity contribution is 5.95. The fourth-order valence-corrected chi connectivity index (χ4v) is 2.09. The lowest BCUT2D eigenvalue weighted by Crippen LogP contribution is -2.42. The highest BCUT2D eigenvalue weighted by atomic mass is 16.1. The molecule has 1 aliphatic heterocycles. The van der Waals surface area contributed by atoms with E-state index < -0.39 is 0 Å². The van der Waals surface area contributed by atoms with Crippen molar-refractivity contribution in [1.29, 1.82) is 0 Å². The van der Waals surface area contributed by atoms with Gasteiger partial charge >= 0.3 is 0 Å². The molecule has 0 unspecified atom stereocenters. The van der Waals surface area contributed by atoms with E-state index >= 15 is 0 Å². The number of fused-ring (bicyclic) bond motifs is 1. The molecule has 0 fully saturated rings. The normalized spacial score (nSPS) is 15.1. The van der Waals surface area contributed by atoms with E-state index in [2.05, 4.69) is 23.6 Å². The third-order valence-corrected chi connectivity index (χ3v) is 3.69. The summed E-state index contributed by atoms with van der Waals surface area (Å²) in [5.41, 5.74) is 3.23. The Morgan fingerprint density at radius 3 is 2.89 bits per heavy atom. The summed E-state index contributed by atoms with van der Waals surface area (Å²) in [4.78, 5) is 12.2. The molecule has 0 aliphatic carbocycles. The molecule has 3 nitrogen and oxygen atoms in total. The Morgan fingerprint density at radius 1 is 1.39 bits per heavy atom. The van der Waals surface area contributed by atoms with Crippen LogP contribution >= 0.6 is 0 Å². The molecule has 0 aromatic heterocycles. The molecule has 0 radical (unpaired) electrons. The summed E-state index contributed by atoms with van der Waals surface area (Å²) in [5, 5.41) is 6.40. The van der Waals surface area contributed by atoms with E-state index in [-0.39, 0.29) is 11.4 Å². The molecule has 0 saturated heterocycles. The maximum absolute atomic E-state index is 12.2. The first kappa shape index (κ1) is 13.1. The standard InChI is InChI=1S/C15H22N2O/c1-4-15(2,3)17-14(18)12-6-5-11-7-8-16-10-13(11)9-12/h5-6,9,16H,4,7-8,10H2,1-3H3,(H,17,18). The van der Waals surface area contributed by atoms with E-state index in [1.165, 1.54) is 11.1 Å². The Kier molecular flexibility index (Phi) is 3.71. The zero-order valence-electron chi connectivity index (χ0n) is 11.5. The maximum Gasteiger partial charge on any atom is 0.251 e. The number of amides is 1. The van der Waals surface area contributed by atoms with Crippen molar-refractivity contribution in [1.82, 2.24) is 10.6 Å². The van der Waals surface area contributed by atoms with Gasteiger partial charge in [0.2, 0.25) is 0 Å². The first-order valence-corrected chi connectivity index (χ1v) is 6.67. The number of carbonyl (C=O) groups excluding carboxylic acids is 1. The third kappa shape index (κ3) is 2.91. The molecule has 0 atom stereocenters. The molecule has 2 rings (SSSR count). The van der Waals surface area contributed by atoms with Crippen molar-refractivity contribution in [3.63, 3.8) is 0 Å². The average Bonchev–Trinajstić information content (AvgIpc) is 2.37. The molecular weight excluding hydrogens is 224 g/mol. The quantitative estimate of drug-likeness (QED) is 0.859. The average molecular weight is 246 g/mol. The van der Waals surface area contributed by atoms with E-state index in [1.54, 1.807) is 0 Å². The van der Waals surface area contributed by atoms with Gasteiger partial charge in [0.05, 0.1) is 0 Å². The SMILES string of the molecule is CCC(C)(C)NC(=O)c1ccc2c(c1)CNCC2. The van der Waals surface area contributed by atoms with E-state index in [9.17, 15) is 4.79 Å². The highest BCUT2D eigenvalue weighted by Gasteiger charge is 2.19. The molecule has 2 N–H and O–H groups in total. The predicted octanol–water partition coefficient (Wildman–Crippen LogP) is 2.25. The van der Waals surface area contributed by atoms with E-state index in [4.69, 9.17) is 0 Å². The number of carbonyl (C=O) groups is 1. The van der Waals surface area contributed by atoms with Gasteiger partial charge in [0.25, 0.3) is 5.91 Å². The van der Waals surface area contributed by atoms with E-state index in [0.29, 0.717) is 0 Å². The van der Waals surface area contributed by atoms with Gasteiger partial charge in [0, 0.05) is 17.6 Å². The molecule has 0 saturated carbocycles. The van der Waals surface area contributed by atoms with Crippen molar-refractivity contribution in [3.8, 4) is 0 Å². The summed E-state index contributed by atoms with van der Waals surface area (Å²) in [6.07, 6.45) is 1.98. The number of rotatable bonds is 3. The lowest BCUT2D eigenvalue weighted by Gasteiger charge is -2.25. The monoisotopic (exact) mass is 246 g/mol. The first-order valence-electron chi connectivity index (χ1n) is 6.67. The molecule has 1 aromatic carbocycles. The van der Waals surface area contributed by atoms with Crippen LogP contribution < -0.4 is 10.6 Å². The molecule has 0 spiro atoms. The summed E-state index contributed by atoms with van der Waals surface area (Å²) < 4.78 is 0. The number of benzene rings is 1.